The van der Waals surface area contributed by atoms with Crippen LogP contribution in [-0.2, 0) is 25.5 Å². The predicted molar refractivity (Wildman–Crippen MR) is 115 cm³/mol. The highest BCUT2D eigenvalue weighted by Crippen LogP contribution is 2.17. The van der Waals surface area contributed by atoms with E-state index in [-0.39, 0.29) is 12.2 Å². The topological polar surface area (TPSA) is 140 Å². The third kappa shape index (κ3) is 10.6. The van der Waals surface area contributed by atoms with E-state index in [0.29, 0.717) is 5.56 Å². The lowest BCUT2D eigenvalue weighted by atomic mass is 10.0. The molecule has 10 heteroatoms. The van der Waals surface area contributed by atoms with Crippen molar-refractivity contribution in [1.82, 2.24) is 10.6 Å². The predicted octanol–water partition coefficient (Wildman–Crippen LogP) is 3.03. The van der Waals surface area contributed by atoms with Crippen LogP contribution in [0.5, 0.6) is 5.75 Å². The van der Waals surface area contributed by atoms with Gasteiger partial charge in [0.05, 0.1) is 0 Å². The maximum Gasteiger partial charge on any atom is 0.514 e. The van der Waals surface area contributed by atoms with E-state index < -0.39 is 47.4 Å². The monoisotopic (exact) mass is 452 g/mol. The highest BCUT2D eigenvalue weighted by Gasteiger charge is 2.27. The van der Waals surface area contributed by atoms with Crippen LogP contribution in [0.2, 0.25) is 0 Å². The first-order chi connectivity index (χ1) is 14.6. The van der Waals surface area contributed by atoms with Crippen molar-refractivity contribution in [3.05, 3.63) is 29.8 Å². The standard InChI is InChI=1S/C22H32N2O8/c1-13(18(26)27)23-17(25)16(24-19(28)31-21(2,3)4)12-14-8-10-15(11-9-14)30-20(29)32-22(5,6)7/h8-11,13,16H,12H2,1-7H3,(H,23,25)(H,24,28)(H,26,27)/t13-,16+/m1/s1. The summed E-state index contributed by atoms with van der Waals surface area (Å²) < 4.78 is 15.4. The van der Waals surface area contributed by atoms with Crippen LogP contribution in [0.15, 0.2) is 24.3 Å². The molecule has 0 saturated carbocycles. The minimum Gasteiger partial charge on any atom is -0.480 e. The molecule has 0 radical (unpaired) electrons. The van der Waals surface area contributed by atoms with Gasteiger partial charge in [-0.05, 0) is 66.2 Å². The van der Waals surface area contributed by atoms with Gasteiger partial charge in [-0.1, -0.05) is 12.1 Å². The Bertz CT molecular complexity index is 822. The lowest BCUT2D eigenvalue weighted by molar-refractivity contribution is -0.141. The average Bonchev–Trinajstić information content (AvgIpc) is 2.59. The number of carboxylic acid groups (broad SMARTS) is 1. The van der Waals surface area contributed by atoms with Crippen LogP contribution in [0.1, 0.15) is 54.0 Å². The van der Waals surface area contributed by atoms with Gasteiger partial charge in [0, 0.05) is 6.42 Å². The van der Waals surface area contributed by atoms with Crippen molar-refractivity contribution in [2.24, 2.45) is 0 Å². The highest BCUT2D eigenvalue weighted by atomic mass is 16.7. The molecule has 0 spiro atoms. The summed E-state index contributed by atoms with van der Waals surface area (Å²) in [4.78, 5) is 47.6. The number of amides is 2. The molecule has 2 amide bonds. The molecular formula is C22H32N2O8. The summed E-state index contributed by atoms with van der Waals surface area (Å²) in [7, 11) is 0. The third-order valence-electron chi connectivity index (χ3n) is 3.69. The molecule has 1 aromatic rings. The van der Waals surface area contributed by atoms with Gasteiger partial charge < -0.3 is 30.0 Å². The van der Waals surface area contributed by atoms with E-state index in [9.17, 15) is 19.2 Å². The van der Waals surface area contributed by atoms with Crippen molar-refractivity contribution in [1.29, 1.82) is 0 Å². The van der Waals surface area contributed by atoms with Crippen LogP contribution in [0.3, 0.4) is 0 Å². The first-order valence-electron chi connectivity index (χ1n) is 10.1. The van der Waals surface area contributed by atoms with Crippen molar-refractivity contribution >= 4 is 24.1 Å². The molecule has 178 valence electrons. The molecule has 0 bridgehead atoms. The summed E-state index contributed by atoms with van der Waals surface area (Å²) >= 11 is 0. The van der Waals surface area contributed by atoms with Gasteiger partial charge in [-0.2, -0.15) is 0 Å². The van der Waals surface area contributed by atoms with Crippen LogP contribution in [0.4, 0.5) is 9.59 Å². The number of hydrogen-bond donors (Lipinski definition) is 3. The maximum absolute atomic E-state index is 12.6. The second kappa shape index (κ2) is 10.8. The Labute approximate surface area is 187 Å². The van der Waals surface area contributed by atoms with Crippen LogP contribution in [0.25, 0.3) is 0 Å². The van der Waals surface area contributed by atoms with Crippen molar-refractivity contribution in [2.75, 3.05) is 0 Å². The van der Waals surface area contributed by atoms with Crippen LogP contribution in [-0.4, -0.2) is 52.5 Å². The zero-order valence-corrected chi connectivity index (χ0v) is 19.5. The molecule has 1 rings (SSSR count). The maximum atomic E-state index is 12.6. The van der Waals surface area contributed by atoms with Gasteiger partial charge in [-0.3, -0.25) is 9.59 Å². The fourth-order valence-corrected chi connectivity index (χ4v) is 2.33. The van der Waals surface area contributed by atoms with Crippen LogP contribution in [0, 0.1) is 0 Å². The Morgan fingerprint density at radius 3 is 1.91 bits per heavy atom. The van der Waals surface area contributed by atoms with Gasteiger partial charge in [0.1, 0.15) is 29.0 Å². The SMILES string of the molecule is C[C@@H](NC(=O)[C@H](Cc1ccc(OC(=O)OC(C)(C)C)cc1)NC(=O)OC(C)(C)C)C(=O)O. The third-order valence-corrected chi connectivity index (χ3v) is 3.69. The van der Waals surface area contributed by atoms with Gasteiger partial charge in [-0.25, -0.2) is 9.59 Å². The fraction of sp³-hybridized carbons (Fsp3) is 0.545. The molecule has 0 aliphatic carbocycles. The molecule has 0 saturated heterocycles. The lowest BCUT2D eigenvalue weighted by Gasteiger charge is -2.24. The number of alkyl carbamates (subject to hydrolysis) is 1. The first-order valence-corrected chi connectivity index (χ1v) is 10.1. The van der Waals surface area contributed by atoms with E-state index >= 15 is 0 Å². The van der Waals surface area contributed by atoms with Gasteiger partial charge in [0.25, 0.3) is 0 Å². The van der Waals surface area contributed by atoms with E-state index in [0.717, 1.165) is 0 Å². The van der Waals surface area contributed by atoms with E-state index in [4.69, 9.17) is 19.3 Å². The Morgan fingerprint density at radius 2 is 1.44 bits per heavy atom. The molecule has 0 heterocycles. The minimum absolute atomic E-state index is 0.0458. The molecule has 10 nitrogen and oxygen atoms in total. The summed E-state index contributed by atoms with van der Waals surface area (Å²) in [6.45, 7) is 11.5. The molecule has 2 atom stereocenters. The van der Waals surface area contributed by atoms with Crippen molar-refractivity contribution < 1.29 is 38.5 Å². The molecule has 32 heavy (non-hydrogen) atoms. The number of carbonyl (C=O) groups is 4. The van der Waals surface area contributed by atoms with Crippen molar-refractivity contribution in [3.63, 3.8) is 0 Å². The molecule has 3 N–H and O–H groups in total. The summed E-state index contributed by atoms with van der Waals surface area (Å²) in [6, 6.07) is 4.01. The number of hydrogen-bond acceptors (Lipinski definition) is 7. The summed E-state index contributed by atoms with van der Waals surface area (Å²) in [5, 5.41) is 13.8. The van der Waals surface area contributed by atoms with E-state index in [1.165, 1.54) is 19.1 Å². The Kier molecular flexibility index (Phi) is 9.05. The zero-order valence-electron chi connectivity index (χ0n) is 19.5. The Balaban J connectivity index is 2.91. The molecular weight excluding hydrogens is 420 g/mol. The Hall–Kier alpha value is -3.30. The number of aliphatic carboxylic acids is 1. The second-order valence-electron chi connectivity index (χ2n) is 9.18. The molecule has 0 unspecified atom stereocenters. The van der Waals surface area contributed by atoms with E-state index in [2.05, 4.69) is 10.6 Å². The van der Waals surface area contributed by atoms with Crippen molar-refractivity contribution in [3.8, 4) is 5.75 Å². The number of benzene rings is 1. The fourth-order valence-electron chi connectivity index (χ4n) is 2.33. The van der Waals surface area contributed by atoms with Gasteiger partial charge in [0.15, 0.2) is 0 Å². The molecule has 0 aliphatic rings. The van der Waals surface area contributed by atoms with Gasteiger partial charge in [0.2, 0.25) is 5.91 Å². The number of carbonyl (C=O) groups excluding carboxylic acids is 3. The quantitative estimate of drug-likeness (QED) is 0.424. The molecule has 0 fully saturated rings. The number of carboxylic acids is 1. The molecule has 0 aromatic heterocycles. The number of nitrogens with one attached hydrogen (secondary N) is 2. The summed E-state index contributed by atoms with van der Waals surface area (Å²) in [6.07, 6.45) is -1.62. The largest absolute Gasteiger partial charge is 0.514 e. The average molecular weight is 453 g/mol. The first kappa shape index (κ1) is 26.7. The highest BCUT2D eigenvalue weighted by molar-refractivity contribution is 5.89. The normalized spacial score (nSPS) is 13.3. The number of rotatable bonds is 7. The van der Waals surface area contributed by atoms with Crippen molar-refractivity contribution in [2.45, 2.75) is 78.2 Å². The summed E-state index contributed by atoms with van der Waals surface area (Å²) in [5.41, 5.74) is -0.848. The second-order valence-corrected chi connectivity index (χ2v) is 9.18. The van der Waals surface area contributed by atoms with Gasteiger partial charge in [-0.15, -0.1) is 0 Å². The van der Waals surface area contributed by atoms with Crippen LogP contribution >= 0.6 is 0 Å². The Morgan fingerprint density at radius 1 is 0.906 bits per heavy atom. The minimum atomic E-state index is -1.21. The molecule has 0 aliphatic heterocycles. The zero-order chi connectivity index (χ0) is 24.7. The lowest BCUT2D eigenvalue weighted by Crippen LogP contribution is -2.52. The van der Waals surface area contributed by atoms with Gasteiger partial charge >= 0.3 is 18.2 Å². The van der Waals surface area contributed by atoms with E-state index in [1.807, 2.05) is 0 Å². The van der Waals surface area contributed by atoms with Crippen LogP contribution < -0.4 is 15.4 Å². The number of ether oxygens (including phenoxy) is 3. The smallest absolute Gasteiger partial charge is 0.480 e. The summed E-state index contributed by atoms with van der Waals surface area (Å²) in [5.74, 6) is -1.65. The van der Waals surface area contributed by atoms with E-state index in [1.54, 1.807) is 53.7 Å². The molecule has 1 aromatic carbocycles.